The molecule has 4 aromatic carbocycles. The molecule has 0 saturated heterocycles. The summed E-state index contributed by atoms with van der Waals surface area (Å²) < 4.78 is 0. The fourth-order valence-corrected chi connectivity index (χ4v) is 7.67. The van der Waals surface area contributed by atoms with Crippen LogP contribution < -0.4 is 21.3 Å². The SMILES string of the molecule is CC(C)(C)c1ccc(C2NC(=O)C3=C2C(=O)NC3c2ccc(C(C)(C)C)cc2)cc1.O=C1NC(c2ccc(Cl)cc2)C2=C1C(c1ccc(Cl)cc1)NC2=O. The molecule has 4 amide bonds. The van der Waals surface area contributed by atoms with E-state index in [1.54, 1.807) is 24.3 Å². The average Bonchev–Trinajstić information content (AvgIpc) is 3.87. The predicted molar refractivity (Wildman–Crippen MR) is 211 cm³/mol. The van der Waals surface area contributed by atoms with Gasteiger partial charge in [-0.15, -0.1) is 0 Å². The Hall–Kier alpha value is -5.18. The normalized spacial score (nSPS) is 21.9. The minimum absolute atomic E-state index is 0.0525. The number of amides is 4. The first kappa shape index (κ1) is 37.1. The van der Waals surface area contributed by atoms with E-state index in [0.29, 0.717) is 32.3 Å². The average molecular weight is 762 g/mol. The van der Waals surface area contributed by atoms with Crippen LogP contribution in [0.15, 0.2) is 119 Å². The third-order valence-corrected chi connectivity index (χ3v) is 10.9. The summed E-state index contributed by atoms with van der Waals surface area (Å²) in [4.78, 5) is 50.7. The van der Waals surface area contributed by atoms with Crippen LogP contribution in [0.1, 0.15) is 99.1 Å². The van der Waals surface area contributed by atoms with Crippen molar-refractivity contribution in [2.75, 3.05) is 0 Å². The minimum atomic E-state index is -0.456. The predicted octanol–water partition coefficient (Wildman–Crippen LogP) is 7.95. The van der Waals surface area contributed by atoms with Crippen LogP contribution in [-0.2, 0) is 30.0 Å². The van der Waals surface area contributed by atoms with Crippen LogP contribution in [0.25, 0.3) is 0 Å². The second kappa shape index (κ2) is 13.9. The molecule has 0 spiro atoms. The lowest BCUT2D eigenvalue weighted by molar-refractivity contribution is -0.120. The maximum Gasteiger partial charge on any atom is 0.250 e. The maximum atomic E-state index is 12.9. The highest BCUT2D eigenvalue weighted by Gasteiger charge is 2.47. The number of hydrogen-bond acceptors (Lipinski definition) is 4. The molecule has 10 heteroatoms. The number of carbonyl (C=O) groups is 4. The fourth-order valence-electron chi connectivity index (χ4n) is 7.42. The third kappa shape index (κ3) is 6.96. The summed E-state index contributed by atoms with van der Waals surface area (Å²) in [5.74, 6) is -0.803. The van der Waals surface area contributed by atoms with E-state index in [1.165, 1.54) is 11.1 Å². The molecule has 4 atom stereocenters. The number of carbonyl (C=O) groups excluding carboxylic acids is 4. The van der Waals surface area contributed by atoms with Crippen molar-refractivity contribution in [1.29, 1.82) is 0 Å². The Kier molecular flexibility index (Phi) is 9.57. The molecule has 4 unspecified atom stereocenters. The number of nitrogens with one attached hydrogen (secondary N) is 4. The van der Waals surface area contributed by atoms with Crippen LogP contribution in [-0.4, -0.2) is 23.6 Å². The van der Waals surface area contributed by atoms with Gasteiger partial charge in [-0.2, -0.15) is 0 Å². The summed E-state index contributed by atoms with van der Waals surface area (Å²) in [5.41, 5.74) is 8.10. The summed E-state index contributed by atoms with van der Waals surface area (Å²) in [7, 11) is 0. The lowest BCUT2D eigenvalue weighted by atomic mass is 9.85. The Balaban J connectivity index is 0.000000171. The van der Waals surface area contributed by atoms with Gasteiger partial charge in [0.2, 0.25) is 0 Å². The highest BCUT2D eigenvalue weighted by atomic mass is 35.5. The summed E-state index contributed by atoms with van der Waals surface area (Å²) in [6.45, 7) is 13.0. The largest absolute Gasteiger partial charge is 0.341 e. The molecular formula is C44H42Cl2N4O4. The highest BCUT2D eigenvalue weighted by Crippen LogP contribution is 2.43. The first-order valence-corrected chi connectivity index (χ1v) is 18.7. The second-order valence-electron chi connectivity index (χ2n) is 16.1. The maximum absolute atomic E-state index is 12.9. The lowest BCUT2D eigenvalue weighted by Gasteiger charge is -2.22. The highest BCUT2D eigenvalue weighted by molar-refractivity contribution is 6.30. The molecule has 4 aliphatic heterocycles. The summed E-state index contributed by atoms with van der Waals surface area (Å²) in [6.07, 6.45) is 0. The van der Waals surface area contributed by atoms with Gasteiger partial charge in [0.1, 0.15) is 0 Å². The van der Waals surface area contributed by atoms with E-state index in [1.807, 2.05) is 48.5 Å². The molecule has 0 aromatic heterocycles. The van der Waals surface area contributed by atoms with Gasteiger partial charge >= 0.3 is 0 Å². The Morgan fingerprint density at radius 3 is 0.778 bits per heavy atom. The van der Waals surface area contributed by atoms with Crippen LogP contribution in [0, 0.1) is 0 Å². The number of hydrogen-bond donors (Lipinski definition) is 4. The number of benzene rings is 4. The first-order valence-electron chi connectivity index (χ1n) is 17.9. The summed E-state index contributed by atoms with van der Waals surface area (Å²) in [6, 6.07) is 28.9. The molecule has 8 nitrogen and oxygen atoms in total. The third-order valence-electron chi connectivity index (χ3n) is 10.4. The van der Waals surface area contributed by atoms with E-state index in [0.717, 1.165) is 22.3 Å². The molecule has 4 aliphatic rings. The van der Waals surface area contributed by atoms with Crippen molar-refractivity contribution < 1.29 is 19.2 Å². The van der Waals surface area contributed by atoms with E-state index in [4.69, 9.17) is 23.2 Å². The zero-order valence-corrected chi connectivity index (χ0v) is 32.4. The van der Waals surface area contributed by atoms with Crippen molar-refractivity contribution in [3.8, 4) is 0 Å². The molecule has 0 fully saturated rings. The van der Waals surface area contributed by atoms with Gasteiger partial charge in [0, 0.05) is 10.0 Å². The van der Waals surface area contributed by atoms with Gasteiger partial charge in [-0.1, -0.05) is 138 Å². The quantitative estimate of drug-likeness (QED) is 0.169. The lowest BCUT2D eigenvalue weighted by Crippen LogP contribution is -2.33. The zero-order valence-electron chi connectivity index (χ0n) is 30.9. The Labute approximate surface area is 325 Å². The van der Waals surface area contributed by atoms with Gasteiger partial charge in [0.15, 0.2) is 0 Å². The molecule has 4 N–H and O–H groups in total. The van der Waals surface area contributed by atoms with Gasteiger partial charge in [-0.05, 0) is 68.5 Å². The smallest absolute Gasteiger partial charge is 0.250 e. The van der Waals surface area contributed by atoms with E-state index in [9.17, 15) is 19.2 Å². The molecule has 0 saturated carbocycles. The van der Waals surface area contributed by atoms with E-state index < -0.39 is 24.2 Å². The molecule has 0 bridgehead atoms. The fraction of sp³-hybridized carbons (Fsp3) is 0.273. The standard InChI is InChI=1S/C26H30N2O2.C18H12Cl2N2O2/c1-25(2,3)17-11-7-15(8-12-17)21-19-20(24(30)27-21)22(28-23(19)29)16-9-13-18(14-10-16)26(4,5)6;19-11-5-1-9(2-6-11)15-13-14(18(24)21-15)16(22-17(13)23)10-3-7-12(20)8-4-10/h7-14,21-22H,1-6H3,(H,27,30)(H,28,29);1-8,15-16H,(H,21,24)(H,22,23). The van der Waals surface area contributed by atoms with Gasteiger partial charge in [0.05, 0.1) is 46.5 Å². The number of rotatable bonds is 4. The van der Waals surface area contributed by atoms with Crippen LogP contribution >= 0.6 is 23.2 Å². The van der Waals surface area contributed by atoms with Gasteiger partial charge in [0.25, 0.3) is 23.6 Å². The Morgan fingerprint density at radius 2 is 0.574 bits per heavy atom. The van der Waals surface area contributed by atoms with Crippen molar-refractivity contribution in [2.45, 2.75) is 76.5 Å². The Morgan fingerprint density at radius 1 is 0.370 bits per heavy atom. The van der Waals surface area contributed by atoms with Crippen LogP contribution in [0.2, 0.25) is 10.0 Å². The van der Waals surface area contributed by atoms with Crippen molar-refractivity contribution in [1.82, 2.24) is 21.3 Å². The summed E-state index contributed by atoms with van der Waals surface area (Å²) in [5, 5.41) is 13.0. The monoisotopic (exact) mass is 760 g/mol. The van der Waals surface area contributed by atoms with E-state index >= 15 is 0 Å². The van der Waals surface area contributed by atoms with Crippen LogP contribution in [0.3, 0.4) is 0 Å². The Bertz CT molecular complexity index is 2070. The van der Waals surface area contributed by atoms with E-state index in [2.05, 4.69) is 87.1 Å². The molecule has 276 valence electrons. The second-order valence-corrected chi connectivity index (χ2v) is 17.0. The van der Waals surface area contributed by atoms with E-state index in [-0.39, 0.29) is 34.5 Å². The van der Waals surface area contributed by atoms with Crippen molar-refractivity contribution in [3.05, 3.63) is 163 Å². The molecule has 0 aliphatic carbocycles. The van der Waals surface area contributed by atoms with Gasteiger partial charge in [-0.3, -0.25) is 19.2 Å². The molecule has 8 rings (SSSR count). The zero-order chi connectivity index (χ0) is 38.7. The van der Waals surface area contributed by atoms with Crippen LogP contribution in [0.5, 0.6) is 0 Å². The van der Waals surface area contributed by atoms with Gasteiger partial charge < -0.3 is 21.3 Å². The minimum Gasteiger partial charge on any atom is -0.341 e. The molecule has 4 heterocycles. The summed E-state index contributed by atoms with van der Waals surface area (Å²) >= 11 is 11.8. The molecule has 54 heavy (non-hydrogen) atoms. The number of halogens is 2. The molecular weight excluding hydrogens is 719 g/mol. The first-order chi connectivity index (χ1) is 25.5. The van der Waals surface area contributed by atoms with Crippen molar-refractivity contribution >= 4 is 46.8 Å². The molecule has 4 aromatic rings. The van der Waals surface area contributed by atoms with Crippen molar-refractivity contribution in [2.24, 2.45) is 0 Å². The van der Waals surface area contributed by atoms with Crippen molar-refractivity contribution in [3.63, 3.8) is 0 Å². The topological polar surface area (TPSA) is 116 Å². The van der Waals surface area contributed by atoms with Crippen LogP contribution in [0.4, 0.5) is 0 Å². The van der Waals surface area contributed by atoms with Gasteiger partial charge in [-0.25, -0.2) is 0 Å². The molecule has 0 radical (unpaired) electrons.